The molecule has 1 fully saturated rings. The molecule has 0 unspecified atom stereocenters. The molecular weight excluding hydrogens is 332 g/mol. The number of nitrogens with zero attached hydrogens (tertiary/aromatic N) is 3. The number of nitrogens with one attached hydrogen (secondary N) is 1. The highest BCUT2D eigenvalue weighted by atomic mass is 35.5. The molecule has 1 saturated heterocycles. The van der Waals surface area contributed by atoms with Gasteiger partial charge in [0.2, 0.25) is 5.91 Å². The predicted molar refractivity (Wildman–Crippen MR) is 95.6 cm³/mol. The molecule has 1 aliphatic heterocycles. The average molecular weight is 351 g/mol. The molecule has 0 bridgehead atoms. The monoisotopic (exact) mass is 350 g/mol. The topological polar surface area (TPSA) is 48.5 Å². The van der Waals surface area contributed by atoms with E-state index in [2.05, 4.69) is 20.1 Å². The van der Waals surface area contributed by atoms with Crippen LogP contribution in [0.5, 0.6) is 0 Å². The van der Waals surface area contributed by atoms with Gasteiger partial charge in [0.1, 0.15) is 0 Å². The Bertz CT molecular complexity index is 682. The number of amides is 1. The quantitative estimate of drug-likeness (QED) is 0.921. The first-order valence-corrected chi connectivity index (χ1v) is 8.81. The maximum atomic E-state index is 12.1. The van der Waals surface area contributed by atoms with E-state index >= 15 is 0 Å². The lowest BCUT2D eigenvalue weighted by Gasteiger charge is -2.36. The second-order valence-corrected chi connectivity index (χ2v) is 6.82. The molecule has 1 aromatic carbocycles. The highest BCUT2D eigenvalue weighted by Gasteiger charge is 2.20. The van der Waals surface area contributed by atoms with Crippen LogP contribution in [-0.2, 0) is 4.79 Å². The molecule has 23 heavy (non-hydrogen) atoms. The van der Waals surface area contributed by atoms with Crippen molar-refractivity contribution in [1.82, 2.24) is 9.88 Å². The molecule has 2 aromatic rings. The fourth-order valence-corrected chi connectivity index (χ4v) is 3.59. The van der Waals surface area contributed by atoms with Gasteiger partial charge in [-0.25, -0.2) is 4.98 Å². The van der Waals surface area contributed by atoms with Gasteiger partial charge in [-0.2, -0.15) is 0 Å². The van der Waals surface area contributed by atoms with Crippen molar-refractivity contribution in [3.63, 3.8) is 0 Å². The zero-order chi connectivity index (χ0) is 16.2. The van der Waals surface area contributed by atoms with Gasteiger partial charge in [0.15, 0.2) is 5.13 Å². The SMILES string of the molecule is Cc1csc(NC(=O)CN2CCN(c3ccccc3Cl)CC2)n1. The Morgan fingerprint density at radius 2 is 2.04 bits per heavy atom. The Morgan fingerprint density at radius 1 is 1.30 bits per heavy atom. The third-order valence-electron chi connectivity index (χ3n) is 3.80. The number of benzene rings is 1. The number of carbonyl (C=O) groups is 1. The van der Waals surface area contributed by atoms with Crippen LogP contribution >= 0.6 is 22.9 Å². The van der Waals surface area contributed by atoms with Gasteiger partial charge in [-0.1, -0.05) is 23.7 Å². The Kier molecular flexibility index (Phi) is 5.15. The third-order valence-corrected chi connectivity index (χ3v) is 4.99. The second-order valence-electron chi connectivity index (χ2n) is 5.56. The predicted octanol–water partition coefficient (Wildman–Crippen LogP) is 2.87. The number of piperazine rings is 1. The molecule has 0 atom stereocenters. The molecule has 0 radical (unpaired) electrons. The lowest BCUT2D eigenvalue weighted by atomic mass is 10.2. The molecule has 3 rings (SSSR count). The largest absolute Gasteiger partial charge is 0.368 e. The van der Waals surface area contributed by atoms with E-state index in [1.807, 2.05) is 36.6 Å². The van der Waals surface area contributed by atoms with Crippen molar-refractivity contribution in [2.45, 2.75) is 6.92 Å². The number of rotatable bonds is 4. The van der Waals surface area contributed by atoms with E-state index in [0.717, 1.165) is 42.6 Å². The van der Waals surface area contributed by atoms with Crippen LogP contribution in [0.4, 0.5) is 10.8 Å². The zero-order valence-electron chi connectivity index (χ0n) is 13.0. The number of hydrogen-bond donors (Lipinski definition) is 1. The summed E-state index contributed by atoms with van der Waals surface area (Å²) in [6, 6.07) is 7.88. The number of halogens is 1. The second kappa shape index (κ2) is 7.29. The first-order chi connectivity index (χ1) is 11.1. The smallest absolute Gasteiger partial charge is 0.240 e. The third kappa shape index (κ3) is 4.22. The van der Waals surface area contributed by atoms with Gasteiger partial charge in [0, 0.05) is 31.6 Å². The van der Waals surface area contributed by atoms with E-state index in [-0.39, 0.29) is 5.91 Å². The molecule has 122 valence electrons. The van der Waals surface area contributed by atoms with E-state index in [0.29, 0.717) is 11.7 Å². The average Bonchev–Trinajstić information content (AvgIpc) is 2.93. The molecule has 0 spiro atoms. The van der Waals surface area contributed by atoms with Crippen molar-refractivity contribution in [2.24, 2.45) is 0 Å². The van der Waals surface area contributed by atoms with Gasteiger partial charge in [-0.05, 0) is 19.1 Å². The number of para-hydroxylation sites is 1. The number of thiazole rings is 1. The van der Waals surface area contributed by atoms with E-state index in [9.17, 15) is 4.79 Å². The number of anilines is 2. The molecular formula is C16H19ClN4OS. The fourth-order valence-electron chi connectivity index (χ4n) is 2.63. The standard InChI is InChI=1S/C16H19ClN4OS/c1-12-11-23-16(18-12)19-15(22)10-20-6-8-21(9-7-20)14-5-3-2-4-13(14)17/h2-5,11H,6-10H2,1H3,(H,18,19,22). The van der Waals surface area contributed by atoms with Crippen LogP contribution in [0.2, 0.25) is 5.02 Å². The van der Waals surface area contributed by atoms with E-state index < -0.39 is 0 Å². The van der Waals surface area contributed by atoms with E-state index in [1.54, 1.807) is 0 Å². The van der Waals surface area contributed by atoms with Crippen LogP contribution < -0.4 is 10.2 Å². The minimum atomic E-state index is -0.00876. The lowest BCUT2D eigenvalue weighted by Crippen LogP contribution is -2.48. The van der Waals surface area contributed by atoms with Crippen LogP contribution in [0, 0.1) is 6.92 Å². The fraction of sp³-hybridized carbons (Fsp3) is 0.375. The zero-order valence-corrected chi connectivity index (χ0v) is 14.5. The molecule has 0 saturated carbocycles. The summed E-state index contributed by atoms with van der Waals surface area (Å²) in [6.45, 7) is 5.74. The van der Waals surface area contributed by atoms with Crippen molar-refractivity contribution < 1.29 is 4.79 Å². The molecule has 5 nitrogen and oxygen atoms in total. The minimum absolute atomic E-state index is 0.00876. The van der Waals surface area contributed by atoms with Crippen molar-refractivity contribution in [3.05, 3.63) is 40.4 Å². The number of carbonyl (C=O) groups excluding carboxylic acids is 1. The summed E-state index contributed by atoms with van der Waals surface area (Å²) in [5.41, 5.74) is 2.00. The van der Waals surface area contributed by atoms with Gasteiger partial charge >= 0.3 is 0 Å². The summed E-state index contributed by atoms with van der Waals surface area (Å²) in [6.07, 6.45) is 0. The Hall–Kier alpha value is -1.63. The van der Waals surface area contributed by atoms with Crippen LogP contribution in [0.3, 0.4) is 0 Å². The van der Waals surface area contributed by atoms with Gasteiger partial charge < -0.3 is 10.2 Å². The van der Waals surface area contributed by atoms with Crippen molar-refractivity contribution in [2.75, 3.05) is 42.9 Å². The Morgan fingerprint density at radius 3 is 2.70 bits per heavy atom. The van der Waals surface area contributed by atoms with Crippen molar-refractivity contribution >= 4 is 39.7 Å². The molecule has 2 heterocycles. The Balaban J connectivity index is 1.49. The summed E-state index contributed by atoms with van der Waals surface area (Å²) in [5, 5.41) is 6.23. The van der Waals surface area contributed by atoms with E-state index in [1.165, 1.54) is 11.3 Å². The number of aryl methyl sites for hydroxylation is 1. The lowest BCUT2D eigenvalue weighted by molar-refractivity contribution is -0.117. The van der Waals surface area contributed by atoms with Crippen LogP contribution in [-0.4, -0.2) is 48.5 Å². The molecule has 1 amide bonds. The van der Waals surface area contributed by atoms with Crippen molar-refractivity contribution in [3.8, 4) is 0 Å². The first-order valence-electron chi connectivity index (χ1n) is 7.55. The highest BCUT2D eigenvalue weighted by molar-refractivity contribution is 7.13. The molecule has 1 N–H and O–H groups in total. The summed E-state index contributed by atoms with van der Waals surface area (Å²) in [7, 11) is 0. The van der Waals surface area contributed by atoms with Gasteiger partial charge in [-0.15, -0.1) is 11.3 Å². The van der Waals surface area contributed by atoms with Gasteiger partial charge in [0.05, 0.1) is 22.9 Å². The summed E-state index contributed by atoms with van der Waals surface area (Å²) >= 11 is 7.70. The van der Waals surface area contributed by atoms with Crippen LogP contribution in [0.25, 0.3) is 0 Å². The minimum Gasteiger partial charge on any atom is -0.368 e. The van der Waals surface area contributed by atoms with Gasteiger partial charge in [0.25, 0.3) is 0 Å². The summed E-state index contributed by atoms with van der Waals surface area (Å²) in [4.78, 5) is 20.7. The van der Waals surface area contributed by atoms with E-state index in [4.69, 9.17) is 11.6 Å². The molecule has 7 heteroatoms. The maximum absolute atomic E-state index is 12.1. The summed E-state index contributed by atoms with van der Waals surface area (Å²) in [5.74, 6) is -0.00876. The van der Waals surface area contributed by atoms with Crippen LogP contribution in [0.1, 0.15) is 5.69 Å². The Labute approximate surface area is 144 Å². The van der Waals surface area contributed by atoms with Gasteiger partial charge in [-0.3, -0.25) is 9.69 Å². The normalized spacial score (nSPS) is 15.7. The number of aromatic nitrogens is 1. The van der Waals surface area contributed by atoms with Crippen molar-refractivity contribution in [1.29, 1.82) is 0 Å². The highest BCUT2D eigenvalue weighted by Crippen LogP contribution is 2.26. The summed E-state index contributed by atoms with van der Waals surface area (Å²) < 4.78 is 0. The molecule has 1 aliphatic rings. The maximum Gasteiger partial charge on any atom is 0.240 e. The number of hydrogen-bond acceptors (Lipinski definition) is 5. The molecule has 1 aromatic heterocycles. The van der Waals surface area contributed by atoms with Crippen LogP contribution in [0.15, 0.2) is 29.6 Å². The first kappa shape index (κ1) is 16.2. The molecule has 0 aliphatic carbocycles.